The van der Waals surface area contributed by atoms with Gasteiger partial charge in [-0.05, 0) is 18.9 Å². The van der Waals surface area contributed by atoms with Gasteiger partial charge in [-0.25, -0.2) is 0 Å². The zero-order chi connectivity index (χ0) is 15.2. The zero-order valence-corrected chi connectivity index (χ0v) is 12.9. The standard InChI is InChI=1S/C17H23N3O/c1-3-16(13-18)19-8-10-20(11-9-19)17(21)12-15-6-4-14(2)5-7-15/h4-7,16H,3,8-12H2,1-2H3. The third-order valence-electron chi connectivity index (χ3n) is 4.12. The second-order valence-corrected chi connectivity index (χ2v) is 5.63. The number of benzene rings is 1. The highest BCUT2D eigenvalue weighted by Crippen LogP contribution is 2.11. The number of rotatable bonds is 4. The molecule has 1 aliphatic heterocycles. The van der Waals surface area contributed by atoms with Gasteiger partial charge in [0.25, 0.3) is 0 Å². The summed E-state index contributed by atoms with van der Waals surface area (Å²) in [5, 5.41) is 9.10. The topological polar surface area (TPSA) is 47.3 Å². The van der Waals surface area contributed by atoms with Gasteiger partial charge in [-0.1, -0.05) is 36.8 Å². The van der Waals surface area contributed by atoms with Crippen molar-refractivity contribution in [1.82, 2.24) is 9.80 Å². The maximum atomic E-state index is 12.3. The lowest BCUT2D eigenvalue weighted by molar-refractivity contribution is -0.132. The van der Waals surface area contributed by atoms with Gasteiger partial charge in [-0.15, -0.1) is 0 Å². The minimum atomic E-state index is -0.0145. The lowest BCUT2D eigenvalue weighted by atomic mass is 10.1. The van der Waals surface area contributed by atoms with Crippen molar-refractivity contribution in [2.24, 2.45) is 0 Å². The van der Waals surface area contributed by atoms with Crippen molar-refractivity contribution in [2.45, 2.75) is 32.7 Å². The van der Waals surface area contributed by atoms with Gasteiger partial charge in [0.05, 0.1) is 18.5 Å². The minimum Gasteiger partial charge on any atom is -0.340 e. The van der Waals surface area contributed by atoms with Crippen LogP contribution in [0, 0.1) is 18.3 Å². The Hall–Kier alpha value is -1.86. The van der Waals surface area contributed by atoms with Crippen LogP contribution in [0.2, 0.25) is 0 Å². The van der Waals surface area contributed by atoms with Crippen molar-refractivity contribution in [3.8, 4) is 6.07 Å². The molecular formula is C17H23N3O. The molecule has 2 rings (SSSR count). The maximum absolute atomic E-state index is 12.3. The Balaban J connectivity index is 1.86. The molecule has 0 aromatic heterocycles. The molecule has 1 aliphatic rings. The van der Waals surface area contributed by atoms with E-state index in [1.165, 1.54) is 5.56 Å². The maximum Gasteiger partial charge on any atom is 0.227 e. The summed E-state index contributed by atoms with van der Waals surface area (Å²) in [6.07, 6.45) is 1.31. The van der Waals surface area contributed by atoms with Crippen LogP contribution >= 0.6 is 0 Å². The molecule has 1 aromatic carbocycles. The molecule has 1 atom stereocenters. The van der Waals surface area contributed by atoms with Crippen LogP contribution in [0.5, 0.6) is 0 Å². The Kier molecular flexibility index (Phi) is 5.35. The van der Waals surface area contributed by atoms with Gasteiger partial charge in [0.15, 0.2) is 0 Å². The van der Waals surface area contributed by atoms with E-state index in [1.807, 2.05) is 43.0 Å². The molecule has 1 unspecified atom stereocenters. The molecule has 0 spiro atoms. The molecule has 0 bridgehead atoms. The van der Waals surface area contributed by atoms with Crippen LogP contribution in [-0.2, 0) is 11.2 Å². The van der Waals surface area contributed by atoms with Crippen LogP contribution in [0.15, 0.2) is 24.3 Å². The van der Waals surface area contributed by atoms with E-state index in [0.717, 1.165) is 38.2 Å². The van der Waals surface area contributed by atoms with Crippen molar-refractivity contribution in [3.05, 3.63) is 35.4 Å². The monoisotopic (exact) mass is 285 g/mol. The first-order valence-corrected chi connectivity index (χ1v) is 7.61. The average Bonchev–Trinajstić information content (AvgIpc) is 2.51. The largest absolute Gasteiger partial charge is 0.340 e. The Morgan fingerprint density at radius 3 is 2.38 bits per heavy atom. The zero-order valence-electron chi connectivity index (χ0n) is 12.9. The summed E-state index contributed by atoms with van der Waals surface area (Å²) >= 11 is 0. The second-order valence-electron chi connectivity index (χ2n) is 5.63. The summed E-state index contributed by atoms with van der Waals surface area (Å²) in [5.41, 5.74) is 2.28. The Morgan fingerprint density at radius 1 is 1.24 bits per heavy atom. The number of carbonyl (C=O) groups is 1. The molecule has 1 saturated heterocycles. The highest BCUT2D eigenvalue weighted by Gasteiger charge is 2.24. The Labute approximate surface area is 127 Å². The Bertz CT molecular complexity index is 510. The molecule has 0 radical (unpaired) electrons. The molecule has 1 aromatic rings. The number of nitriles is 1. The molecule has 21 heavy (non-hydrogen) atoms. The number of hydrogen-bond acceptors (Lipinski definition) is 3. The predicted molar refractivity (Wildman–Crippen MR) is 82.7 cm³/mol. The predicted octanol–water partition coefficient (Wildman–Crippen LogP) is 1.98. The second kappa shape index (κ2) is 7.24. The van der Waals surface area contributed by atoms with Crippen LogP contribution in [0.1, 0.15) is 24.5 Å². The van der Waals surface area contributed by atoms with Gasteiger partial charge in [-0.2, -0.15) is 5.26 Å². The van der Waals surface area contributed by atoms with Crippen molar-refractivity contribution in [3.63, 3.8) is 0 Å². The molecule has 0 aliphatic carbocycles. The van der Waals surface area contributed by atoms with Crippen molar-refractivity contribution in [2.75, 3.05) is 26.2 Å². The number of piperazine rings is 1. The molecule has 4 nitrogen and oxygen atoms in total. The summed E-state index contributed by atoms with van der Waals surface area (Å²) in [7, 11) is 0. The number of hydrogen-bond donors (Lipinski definition) is 0. The van der Waals surface area contributed by atoms with E-state index in [9.17, 15) is 4.79 Å². The van der Waals surface area contributed by atoms with E-state index in [-0.39, 0.29) is 11.9 Å². The minimum absolute atomic E-state index is 0.0145. The van der Waals surface area contributed by atoms with Crippen LogP contribution in [0.25, 0.3) is 0 Å². The van der Waals surface area contributed by atoms with Crippen LogP contribution in [-0.4, -0.2) is 47.9 Å². The van der Waals surface area contributed by atoms with Crippen molar-refractivity contribution in [1.29, 1.82) is 5.26 Å². The van der Waals surface area contributed by atoms with Gasteiger partial charge in [0, 0.05) is 26.2 Å². The van der Waals surface area contributed by atoms with Crippen LogP contribution in [0.3, 0.4) is 0 Å². The lowest BCUT2D eigenvalue weighted by Crippen LogP contribution is -2.51. The van der Waals surface area contributed by atoms with Crippen LogP contribution in [0.4, 0.5) is 0 Å². The van der Waals surface area contributed by atoms with Crippen molar-refractivity contribution < 1.29 is 4.79 Å². The summed E-state index contributed by atoms with van der Waals surface area (Å²) < 4.78 is 0. The first kappa shape index (κ1) is 15.5. The molecule has 1 heterocycles. The number of carbonyl (C=O) groups excluding carboxylic acids is 1. The average molecular weight is 285 g/mol. The summed E-state index contributed by atoms with van der Waals surface area (Å²) in [6.45, 7) is 7.12. The van der Waals surface area contributed by atoms with Crippen LogP contribution < -0.4 is 0 Å². The summed E-state index contributed by atoms with van der Waals surface area (Å²) in [4.78, 5) is 16.4. The smallest absolute Gasteiger partial charge is 0.227 e. The Morgan fingerprint density at radius 2 is 1.86 bits per heavy atom. The summed E-state index contributed by atoms with van der Waals surface area (Å²) in [5.74, 6) is 0.184. The fourth-order valence-corrected chi connectivity index (χ4v) is 2.71. The van der Waals surface area contributed by atoms with E-state index < -0.39 is 0 Å². The van der Waals surface area contributed by atoms with E-state index >= 15 is 0 Å². The number of nitrogens with zero attached hydrogens (tertiary/aromatic N) is 3. The highest BCUT2D eigenvalue weighted by molar-refractivity contribution is 5.78. The summed E-state index contributed by atoms with van der Waals surface area (Å²) in [6, 6.07) is 10.4. The normalized spacial score (nSPS) is 17.3. The molecule has 1 amide bonds. The highest BCUT2D eigenvalue weighted by atomic mass is 16.2. The molecule has 112 valence electrons. The fourth-order valence-electron chi connectivity index (χ4n) is 2.71. The third kappa shape index (κ3) is 4.05. The first-order valence-electron chi connectivity index (χ1n) is 7.61. The van der Waals surface area contributed by atoms with E-state index in [1.54, 1.807) is 0 Å². The van der Waals surface area contributed by atoms with Gasteiger partial charge in [-0.3, -0.25) is 9.69 Å². The molecular weight excluding hydrogens is 262 g/mol. The van der Waals surface area contributed by atoms with E-state index in [4.69, 9.17) is 5.26 Å². The first-order chi connectivity index (χ1) is 10.1. The molecule has 1 fully saturated rings. The lowest BCUT2D eigenvalue weighted by Gasteiger charge is -2.36. The molecule has 0 saturated carbocycles. The van der Waals surface area contributed by atoms with Crippen molar-refractivity contribution >= 4 is 5.91 Å². The SMILES string of the molecule is CCC(C#N)N1CCN(C(=O)Cc2ccc(C)cc2)CC1. The van der Waals surface area contributed by atoms with E-state index in [2.05, 4.69) is 11.0 Å². The van der Waals surface area contributed by atoms with Gasteiger partial charge in [0.1, 0.15) is 0 Å². The van der Waals surface area contributed by atoms with Gasteiger partial charge >= 0.3 is 0 Å². The van der Waals surface area contributed by atoms with E-state index in [0.29, 0.717) is 6.42 Å². The number of amides is 1. The van der Waals surface area contributed by atoms with Gasteiger partial charge in [0.2, 0.25) is 5.91 Å². The quantitative estimate of drug-likeness (QED) is 0.850. The molecule has 0 N–H and O–H groups in total. The fraction of sp³-hybridized carbons (Fsp3) is 0.529. The number of aryl methyl sites for hydroxylation is 1. The molecule has 4 heteroatoms. The third-order valence-corrected chi connectivity index (χ3v) is 4.12. The van der Waals surface area contributed by atoms with Gasteiger partial charge < -0.3 is 4.90 Å².